The molecule has 4 N–H and O–H groups in total. The molecule has 10 nitrogen and oxygen atoms in total. The molecule has 216 valence electrons. The van der Waals surface area contributed by atoms with Crippen LogP contribution in [0, 0.1) is 0 Å². The Morgan fingerprint density at radius 1 is 0.925 bits per heavy atom. The van der Waals surface area contributed by atoms with Gasteiger partial charge in [0.25, 0.3) is 0 Å². The van der Waals surface area contributed by atoms with Crippen molar-refractivity contribution in [3.63, 3.8) is 0 Å². The van der Waals surface area contributed by atoms with Gasteiger partial charge in [-0.25, -0.2) is 19.2 Å². The molecule has 0 aromatic heterocycles. The highest BCUT2D eigenvalue weighted by molar-refractivity contribution is 5.93. The van der Waals surface area contributed by atoms with E-state index in [1.807, 2.05) is 36.5 Å². The van der Waals surface area contributed by atoms with Crippen LogP contribution in [0.25, 0.3) is 0 Å². The van der Waals surface area contributed by atoms with Crippen LogP contribution in [-0.4, -0.2) is 50.3 Å². The van der Waals surface area contributed by atoms with Crippen molar-refractivity contribution < 1.29 is 49.1 Å². The first-order valence-corrected chi connectivity index (χ1v) is 12.5. The molecule has 0 unspecified atom stereocenters. The quantitative estimate of drug-likeness (QED) is 0.152. The molecular weight excluding hydrogens is 520 g/mol. The van der Waals surface area contributed by atoms with E-state index in [2.05, 4.69) is 18.2 Å². The Balaban J connectivity index is 0.000000540. The number of carboxylic acids is 4. The van der Waals surface area contributed by atoms with Crippen molar-refractivity contribution in [2.75, 3.05) is 0 Å². The summed E-state index contributed by atoms with van der Waals surface area (Å²) >= 11 is 0. The second kappa shape index (κ2) is 20.3. The van der Waals surface area contributed by atoms with Gasteiger partial charge in [0, 0.05) is 24.6 Å². The van der Waals surface area contributed by atoms with E-state index in [0.717, 1.165) is 62.4 Å². The van der Waals surface area contributed by atoms with Crippen molar-refractivity contribution >= 4 is 29.8 Å². The third kappa shape index (κ3) is 16.2. The largest absolute Gasteiger partial charge is 0.478 e. The molecule has 0 radical (unpaired) electrons. The molecular formula is C30H36O10. The lowest BCUT2D eigenvalue weighted by Crippen LogP contribution is -2.13. The number of rotatable bonds is 10. The summed E-state index contributed by atoms with van der Waals surface area (Å²) in [5.74, 6) is -4.40. The van der Waals surface area contributed by atoms with E-state index in [4.69, 9.17) is 20.4 Å². The lowest BCUT2D eigenvalue weighted by molar-refractivity contribution is -0.135. The van der Waals surface area contributed by atoms with Gasteiger partial charge < -0.3 is 25.2 Å². The highest BCUT2D eigenvalue weighted by Crippen LogP contribution is 2.31. The molecule has 40 heavy (non-hydrogen) atoms. The predicted octanol–water partition coefficient (Wildman–Crippen LogP) is 5.53. The molecule has 3 aliphatic carbocycles. The summed E-state index contributed by atoms with van der Waals surface area (Å²) in [7, 11) is 0. The van der Waals surface area contributed by atoms with E-state index in [1.165, 1.54) is 12.5 Å². The Bertz CT molecular complexity index is 1140. The molecule has 0 aromatic rings. The summed E-state index contributed by atoms with van der Waals surface area (Å²) in [6, 6.07) is 0. The maximum atomic E-state index is 11.1. The monoisotopic (exact) mass is 556 g/mol. The molecule has 0 bridgehead atoms. The number of aliphatic carboxylic acids is 4. The van der Waals surface area contributed by atoms with Gasteiger partial charge in [0.1, 0.15) is 0 Å². The number of ether oxygens (including phenoxy) is 1. The first-order valence-electron chi connectivity index (χ1n) is 12.5. The summed E-state index contributed by atoms with van der Waals surface area (Å²) in [6.07, 6.45) is 22.3. The Labute approximate surface area is 233 Å². The second-order valence-corrected chi connectivity index (χ2v) is 8.34. The Kier molecular flexibility index (Phi) is 17.9. The number of carbonyl (C=O) groups excluding carboxylic acids is 1. The molecule has 0 fully saturated rings. The highest BCUT2D eigenvalue weighted by atomic mass is 16.5. The average Bonchev–Trinajstić information content (AvgIpc) is 3.56. The molecule has 0 aliphatic heterocycles. The van der Waals surface area contributed by atoms with Crippen molar-refractivity contribution in [3.05, 3.63) is 95.4 Å². The van der Waals surface area contributed by atoms with Crippen molar-refractivity contribution in [2.24, 2.45) is 0 Å². The van der Waals surface area contributed by atoms with Crippen LogP contribution in [0.1, 0.15) is 58.8 Å². The minimum absolute atomic E-state index is 0.329. The number of carbonyl (C=O) groups is 5. The van der Waals surface area contributed by atoms with Crippen LogP contribution in [0.2, 0.25) is 0 Å². The van der Waals surface area contributed by atoms with Gasteiger partial charge in [-0.15, -0.1) is 0 Å². The summed E-state index contributed by atoms with van der Waals surface area (Å²) < 4.78 is 4.17. The fraction of sp³-hybridized carbons (Fsp3) is 0.300. The van der Waals surface area contributed by atoms with Gasteiger partial charge >= 0.3 is 29.8 Å². The Morgan fingerprint density at radius 3 is 1.85 bits per heavy atom. The van der Waals surface area contributed by atoms with Crippen molar-refractivity contribution in [2.45, 2.75) is 58.8 Å². The zero-order valence-corrected chi connectivity index (χ0v) is 22.7. The fourth-order valence-electron chi connectivity index (χ4n) is 3.31. The van der Waals surface area contributed by atoms with Crippen LogP contribution in [0.5, 0.6) is 0 Å². The SMILES string of the molecule is C=COC(C)=O.CCCCC1=C(C(=O)O)CC1.O=C(O)/C=C\C(=O)O.O=C(O)C(=CC1=CC=CC1)C1=CC=CC1. The predicted molar refractivity (Wildman–Crippen MR) is 149 cm³/mol. The van der Waals surface area contributed by atoms with Crippen molar-refractivity contribution in [3.8, 4) is 0 Å². The third-order valence-electron chi connectivity index (χ3n) is 5.29. The first-order chi connectivity index (χ1) is 18.9. The van der Waals surface area contributed by atoms with E-state index in [9.17, 15) is 24.0 Å². The maximum Gasteiger partial charge on any atom is 0.335 e. The molecule has 10 heteroatoms. The summed E-state index contributed by atoms with van der Waals surface area (Å²) in [6.45, 7) is 6.60. The zero-order valence-electron chi connectivity index (χ0n) is 22.7. The second-order valence-electron chi connectivity index (χ2n) is 8.34. The van der Waals surface area contributed by atoms with Gasteiger partial charge in [-0.3, -0.25) is 4.79 Å². The van der Waals surface area contributed by atoms with Crippen molar-refractivity contribution in [1.29, 1.82) is 0 Å². The summed E-state index contributed by atoms with van der Waals surface area (Å²) in [4.78, 5) is 50.4. The minimum Gasteiger partial charge on any atom is -0.478 e. The summed E-state index contributed by atoms with van der Waals surface area (Å²) in [5.41, 5.74) is 4.21. The van der Waals surface area contributed by atoms with Crippen LogP contribution >= 0.6 is 0 Å². The average molecular weight is 557 g/mol. The molecule has 3 rings (SSSR count). The molecule has 0 heterocycles. The third-order valence-corrected chi connectivity index (χ3v) is 5.29. The number of unbranched alkanes of at least 4 members (excludes halogenated alkanes) is 1. The molecule has 0 aromatic carbocycles. The van der Waals surface area contributed by atoms with Crippen molar-refractivity contribution in [1.82, 2.24) is 0 Å². The number of carboxylic acid groups (broad SMARTS) is 4. The summed E-state index contributed by atoms with van der Waals surface area (Å²) in [5, 5.41) is 33.4. The van der Waals surface area contributed by atoms with Gasteiger partial charge in [-0.2, -0.15) is 0 Å². The Morgan fingerprint density at radius 2 is 1.52 bits per heavy atom. The fourth-order valence-corrected chi connectivity index (χ4v) is 3.31. The van der Waals surface area contributed by atoms with Gasteiger partial charge in [0.2, 0.25) is 0 Å². The van der Waals surface area contributed by atoms with Crippen LogP contribution in [-0.2, 0) is 28.7 Å². The van der Waals surface area contributed by atoms with E-state index in [0.29, 0.717) is 23.3 Å². The van der Waals surface area contributed by atoms with Crippen LogP contribution in [0.15, 0.2) is 95.4 Å². The molecule has 0 saturated heterocycles. The number of hydrogen-bond acceptors (Lipinski definition) is 6. The van der Waals surface area contributed by atoms with Crippen LogP contribution in [0.3, 0.4) is 0 Å². The number of hydrogen-bond donors (Lipinski definition) is 4. The number of esters is 1. The van der Waals surface area contributed by atoms with E-state index < -0.39 is 23.9 Å². The van der Waals surface area contributed by atoms with E-state index in [-0.39, 0.29) is 5.97 Å². The standard InChI is InChI=1S/C13H12O2.C9H14O2.C4H4O4.C4H6O2/c14-13(15)12(11-7-3-4-8-11)9-10-5-1-2-6-10;1-2-3-4-7-5-6-8(7)9(10)11;5-3(6)1-2-4(7)8;1-3-6-4(2)5/h1-5,7,9H,6,8H2,(H,14,15);2-6H2,1H3,(H,10,11);1-2H,(H,5,6)(H,7,8);3H,1H2,2H3/b;;2-1-;. The van der Waals surface area contributed by atoms with E-state index >= 15 is 0 Å². The molecule has 0 saturated carbocycles. The lowest BCUT2D eigenvalue weighted by Gasteiger charge is -2.20. The number of allylic oxidation sites excluding steroid dienone is 9. The van der Waals surface area contributed by atoms with Crippen LogP contribution < -0.4 is 0 Å². The normalized spacial score (nSPS) is 14.7. The molecule has 3 aliphatic rings. The Hall–Kier alpha value is -4.73. The van der Waals surface area contributed by atoms with E-state index in [1.54, 1.807) is 6.08 Å². The highest BCUT2D eigenvalue weighted by Gasteiger charge is 2.21. The molecule has 0 spiro atoms. The molecule has 0 atom stereocenters. The van der Waals surface area contributed by atoms with Gasteiger partial charge in [-0.1, -0.05) is 62.0 Å². The smallest absolute Gasteiger partial charge is 0.335 e. The first kappa shape index (κ1) is 35.3. The topological polar surface area (TPSA) is 176 Å². The van der Waals surface area contributed by atoms with Crippen LogP contribution in [0.4, 0.5) is 0 Å². The maximum absolute atomic E-state index is 11.1. The van der Waals surface area contributed by atoms with Gasteiger partial charge in [-0.05, 0) is 55.7 Å². The van der Waals surface area contributed by atoms with Gasteiger partial charge in [0.15, 0.2) is 0 Å². The zero-order chi connectivity index (χ0) is 30.5. The lowest BCUT2D eigenvalue weighted by atomic mass is 9.85. The minimum atomic E-state index is -1.26. The van der Waals surface area contributed by atoms with Gasteiger partial charge in [0.05, 0.1) is 11.8 Å². The molecule has 0 amide bonds.